The van der Waals surface area contributed by atoms with Crippen LogP contribution in [-0.2, 0) is 0 Å². The van der Waals surface area contributed by atoms with Crippen LogP contribution in [0.5, 0.6) is 0 Å². The maximum absolute atomic E-state index is 6.04. The highest BCUT2D eigenvalue weighted by molar-refractivity contribution is 9.10. The molecular weight excluding hydrogens is 384 g/mol. The summed E-state index contributed by atoms with van der Waals surface area (Å²) in [6.07, 6.45) is 0. The number of fused-ring (bicyclic) bond motifs is 2. The van der Waals surface area contributed by atoms with E-state index in [2.05, 4.69) is 64.8 Å². The van der Waals surface area contributed by atoms with E-state index in [1.165, 1.54) is 10.8 Å². The average Bonchev–Trinajstić information content (AvgIpc) is 2.92. The van der Waals surface area contributed by atoms with Crippen LogP contribution in [0.4, 0.5) is 0 Å². The Morgan fingerprint density at radius 3 is 2.42 bits per heavy atom. The molecule has 2 nitrogen and oxygen atoms in total. The van der Waals surface area contributed by atoms with E-state index < -0.39 is 0 Å². The molecule has 24 heavy (non-hydrogen) atoms. The molecule has 1 aromatic heterocycles. The highest BCUT2D eigenvalue weighted by Gasteiger charge is 2.15. The summed E-state index contributed by atoms with van der Waals surface area (Å²) < 4.78 is 3.18. The fourth-order valence-electron chi connectivity index (χ4n) is 3.07. The van der Waals surface area contributed by atoms with Crippen molar-refractivity contribution in [3.8, 4) is 11.3 Å². The van der Waals surface area contributed by atoms with Crippen LogP contribution in [0.3, 0.4) is 0 Å². The molecule has 4 rings (SSSR count). The number of rotatable bonds is 2. The lowest BCUT2D eigenvalue weighted by Crippen LogP contribution is -2.02. The van der Waals surface area contributed by atoms with Gasteiger partial charge in [0, 0.05) is 26.5 Å². The van der Waals surface area contributed by atoms with Crippen LogP contribution in [-0.4, -0.2) is 9.78 Å². The van der Waals surface area contributed by atoms with Gasteiger partial charge in [-0.25, -0.2) is 0 Å². The van der Waals surface area contributed by atoms with E-state index >= 15 is 0 Å². The van der Waals surface area contributed by atoms with Gasteiger partial charge in [-0.05, 0) is 61.0 Å². The van der Waals surface area contributed by atoms with Crippen molar-refractivity contribution in [3.05, 3.63) is 64.1 Å². The van der Waals surface area contributed by atoms with Crippen molar-refractivity contribution in [1.29, 1.82) is 0 Å². The van der Waals surface area contributed by atoms with Gasteiger partial charge >= 0.3 is 0 Å². The Hall–Kier alpha value is -1.84. The zero-order valence-electron chi connectivity index (χ0n) is 13.4. The van der Waals surface area contributed by atoms with Gasteiger partial charge in [0.15, 0.2) is 0 Å². The summed E-state index contributed by atoms with van der Waals surface area (Å²) in [7, 11) is 0. The van der Waals surface area contributed by atoms with Gasteiger partial charge in [0.2, 0.25) is 0 Å². The van der Waals surface area contributed by atoms with Crippen LogP contribution >= 0.6 is 27.5 Å². The van der Waals surface area contributed by atoms with Gasteiger partial charge < -0.3 is 0 Å². The van der Waals surface area contributed by atoms with Crippen LogP contribution in [0.1, 0.15) is 19.9 Å². The summed E-state index contributed by atoms with van der Waals surface area (Å²) >= 11 is 9.60. The lowest BCUT2D eigenvalue weighted by atomic mass is 10.0. The molecule has 3 aromatic carbocycles. The van der Waals surface area contributed by atoms with Crippen molar-refractivity contribution in [2.24, 2.45) is 0 Å². The number of hydrogen-bond donors (Lipinski definition) is 0. The highest BCUT2D eigenvalue weighted by atomic mass is 79.9. The normalized spacial score (nSPS) is 11.7. The van der Waals surface area contributed by atoms with Crippen molar-refractivity contribution in [1.82, 2.24) is 9.78 Å². The maximum atomic E-state index is 6.04. The second kappa shape index (κ2) is 5.91. The number of hydrogen-bond acceptors (Lipinski definition) is 1. The van der Waals surface area contributed by atoms with E-state index in [0.29, 0.717) is 6.04 Å². The zero-order chi connectivity index (χ0) is 16.8. The lowest BCUT2D eigenvalue weighted by Gasteiger charge is -2.07. The first-order chi connectivity index (χ1) is 11.5. The van der Waals surface area contributed by atoms with Crippen LogP contribution in [0.15, 0.2) is 59.1 Å². The molecule has 0 aliphatic carbocycles. The van der Waals surface area contributed by atoms with Crippen molar-refractivity contribution in [2.75, 3.05) is 0 Å². The van der Waals surface area contributed by atoms with Gasteiger partial charge in [0.1, 0.15) is 5.69 Å². The van der Waals surface area contributed by atoms with Crippen molar-refractivity contribution >= 4 is 49.2 Å². The average molecular weight is 400 g/mol. The fraction of sp³-hybridized carbons (Fsp3) is 0.150. The molecule has 0 N–H and O–H groups in total. The molecule has 0 aliphatic heterocycles. The van der Waals surface area contributed by atoms with E-state index in [9.17, 15) is 0 Å². The number of benzene rings is 3. The summed E-state index contributed by atoms with van der Waals surface area (Å²) in [6, 6.07) is 19.0. The van der Waals surface area contributed by atoms with Gasteiger partial charge in [0.05, 0.1) is 5.52 Å². The molecule has 0 saturated heterocycles. The summed E-state index contributed by atoms with van der Waals surface area (Å²) in [4.78, 5) is 0. The van der Waals surface area contributed by atoms with Crippen LogP contribution < -0.4 is 0 Å². The Labute approximate surface area is 154 Å². The third kappa shape index (κ3) is 2.62. The topological polar surface area (TPSA) is 17.8 Å². The van der Waals surface area contributed by atoms with Gasteiger partial charge in [-0.15, -0.1) is 0 Å². The van der Waals surface area contributed by atoms with E-state index in [1.807, 2.05) is 24.3 Å². The van der Waals surface area contributed by atoms with Crippen LogP contribution in [0.25, 0.3) is 32.9 Å². The lowest BCUT2D eigenvalue weighted by molar-refractivity contribution is 0.552. The van der Waals surface area contributed by atoms with Crippen molar-refractivity contribution in [2.45, 2.75) is 19.9 Å². The van der Waals surface area contributed by atoms with Gasteiger partial charge in [0.25, 0.3) is 0 Å². The summed E-state index contributed by atoms with van der Waals surface area (Å²) in [5.41, 5.74) is 3.24. The molecule has 0 spiro atoms. The SMILES string of the molecule is CC(C)n1nc(-c2ccc(Cl)cc2)c2cc3cc(Br)ccc3cc21. The van der Waals surface area contributed by atoms with Crippen LogP contribution in [0.2, 0.25) is 5.02 Å². The van der Waals surface area contributed by atoms with Crippen molar-refractivity contribution in [3.63, 3.8) is 0 Å². The quantitative estimate of drug-likeness (QED) is 0.360. The second-order valence-electron chi connectivity index (χ2n) is 6.25. The second-order valence-corrected chi connectivity index (χ2v) is 7.61. The van der Waals surface area contributed by atoms with Gasteiger partial charge in [-0.1, -0.05) is 45.7 Å². The minimum atomic E-state index is 0.293. The molecule has 0 radical (unpaired) electrons. The smallest absolute Gasteiger partial charge is 0.100 e. The Balaban J connectivity index is 2.07. The molecule has 4 aromatic rings. The zero-order valence-corrected chi connectivity index (χ0v) is 15.8. The predicted molar refractivity (Wildman–Crippen MR) is 106 cm³/mol. The predicted octanol–water partition coefficient (Wildman–Crippen LogP) is 6.85. The molecule has 1 heterocycles. The van der Waals surface area contributed by atoms with Crippen molar-refractivity contribution < 1.29 is 0 Å². The fourth-order valence-corrected chi connectivity index (χ4v) is 3.57. The summed E-state index contributed by atoms with van der Waals surface area (Å²) in [5, 5.41) is 9.22. The van der Waals surface area contributed by atoms with E-state index in [4.69, 9.17) is 16.7 Å². The number of aromatic nitrogens is 2. The van der Waals surface area contributed by atoms with Crippen LogP contribution in [0, 0.1) is 0 Å². The Bertz CT molecular complexity index is 1050. The molecular formula is C20H16BrClN2. The summed E-state index contributed by atoms with van der Waals surface area (Å²) in [6.45, 7) is 4.31. The molecule has 4 heteroatoms. The molecule has 0 bridgehead atoms. The Kier molecular flexibility index (Phi) is 3.86. The Morgan fingerprint density at radius 2 is 1.71 bits per heavy atom. The molecule has 0 saturated carbocycles. The third-order valence-electron chi connectivity index (χ3n) is 4.23. The number of halogens is 2. The largest absolute Gasteiger partial charge is 0.262 e. The van der Waals surface area contributed by atoms with E-state index in [0.717, 1.165) is 31.7 Å². The molecule has 0 aliphatic rings. The molecule has 0 fully saturated rings. The maximum Gasteiger partial charge on any atom is 0.100 e. The Morgan fingerprint density at radius 1 is 0.958 bits per heavy atom. The monoisotopic (exact) mass is 398 g/mol. The van der Waals surface area contributed by atoms with Gasteiger partial charge in [-0.2, -0.15) is 5.10 Å². The minimum absolute atomic E-state index is 0.293. The first-order valence-corrected chi connectivity index (χ1v) is 9.07. The highest BCUT2D eigenvalue weighted by Crippen LogP contribution is 2.34. The van der Waals surface area contributed by atoms with E-state index in [1.54, 1.807) is 0 Å². The molecule has 120 valence electrons. The van der Waals surface area contributed by atoms with Gasteiger partial charge in [-0.3, -0.25) is 4.68 Å². The summed E-state index contributed by atoms with van der Waals surface area (Å²) in [5.74, 6) is 0. The third-order valence-corrected chi connectivity index (χ3v) is 4.98. The standard InChI is InChI=1S/C20H16BrClN2/c1-12(2)24-19-11-14-3-6-16(21)9-15(14)10-18(19)20(23-24)13-4-7-17(22)8-5-13/h3-12H,1-2H3. The minimum Gasteiger partial charge on any atom is -0.262 e. The van der Waals surface area contributed by atoms with E-state index in [-0.39, 0.29) is 0 Å². The molecule has 0 atom stereocenters. The molecule has 0 unspecified atom stereocenters. The first kappa shape index (κ1) is 15.7. The number of nitrogens with zero attached hydrogens (tertiary/aromatic N) is 2. The first-order valence-electron chi connectivity index (χ1n) is 7.90. The molecule has 0 amide bonds.